The fraction of sp³-hybridized carbons (Fsp3) is 0.125. The molecule has 6 aromatic carbocycles. The Morgan fingerprint density at radius 1 is 0.444 bits per heavy atom. The summed E-state index contributed by atoms with van der Waals surface area (Å²) in [6.45, 7) is 0. The lowest BCUT2D eigenvalue weighted by Crippen LogP contribution is -2.52. The number of benzene rings is 6. The van der Waals surface area contributed by atoms with Crippen molar-refractivity contribution in [2.24, 2.45) is 0 Å². The van der Waals surface area contributed by atoms with Crippen molar-refractivity contribution in [3.8, 4) is 0 Å². The Morgan fingerprint density at radius 2 is 0.806 bits per heavy atom. The van der Waals surface area contributed by atoms with Crippen LogP contribution < -0.4 is 11.5 Å². The molecule has 0 heterocycles. The standard InChI is InChI=1S/C32H26N2O2/c33-25-11-9-21-13-17-5-1-3-7-19(17)15-23(21)27(25)29-31(35)30(32(29)36)28-24-16-20-8-4-2-6-18(20)14-22(24)10-12-26(28)34/h1-16,29-32,35-36H,33-34H2. The number of hydrogen-bond acceptors (Lipinski definition) is 4. The van der Waals surface area contributed by atoms with Crippen LogP contribution in [0.2, 0.25) is 0 Å². The maximum atomic E-state index is 11.6. The topological polar surface area (TPSA) is 92.5 Å². The molecule has 1 fully saturated rings. The van der Waals surface area contributed by atoms with Gasteiger partial charge in [0.2, 0.25) is 0 Å². The van der Waals surface area contributed by atoms with Gasteiger partial charge in [-0.25, -0.2) is 0 Å². The maximum Gasteiger partial charge on any atom is 0.0729 e. The minimum Gasteiger partial charge on any atom is -0.398 e. The lowest BCUT2D eigenvalue weighted by Gasteiger charge is -2.48. The van der Waals surface area contributed by atoms with Crippen LogP contribution in [-0.2, 0) is 0 Å². The monoisotopic (exact) mass is 470 g/mol. The van der Waals surface area contributed by atoms with Crippen LogP contribution in [-0.4, -0.2) is 22.4 Å². The van der Waals surface area contributed by atoms with Crippen molar-refractivity contribution in [1.82, 2.24) is 0 Å². The van der Waals surface area contributed by atoms with Crippen molar-refractivity contribution in [3.05, 3.63) is 108 Å². The van der Waals surface area contributed by atoms with Crippen LogP contribution in [0.5, 0.6) is 0 Å². The van der Waals surface area contributed by atoms with Crippen LogP contribution in [0.1, 0.15) is 23.0 Å². The predicted octanol–water partition coefficient (Wildman–Crippen LogP) is 6.07. The van der Waals surface area contributed by atoms with Crippen LogP contribution in [0.15, 0.2) is 97.1 Å². The van der Waals surface area contributed by atoms with E-state index in [-0.39, 0.29) is 0 Å². The minimum atomic E-state index is -0.821. The summed E-state index contributed by atoms with van der Waals surface area (Å²) in [7, 11) is 0. The normalized spacial score (nSPS) is 21.8. The number of hydrogen-bond donors (Lipinski definition) is 4. The summed E-state index contributed by atoms with van der Waals surface area (Å²) >= 11 is 0. The first-order valence-electron chi connectivity index (χ1n) is 12.3. The average molecular weight is 471 g/mol. The summed E-state index contributed by atoms with van der Waals surface area (Å²) in [5, 5.41) is 31.6. The first kappa shape index (κ1) is 21.2. The number of nitrogens with two attached hydrogens (primary N) is 2. The number of rotatable bonds is 2. The van der Waals surface area contributed by atoms with Gasteiger partial charge >= 0.3 is 0 Å². The van der Waals surface area contributed by atoms with Gasteiger partial charge in [-0.15, -0.1) is 0 Å². The summed E-state index contributed by atoms with van der Waals surface area (Å²) in [6, 6.07) is 32.6. The zero-order valence-corrected chi connectivity index (χ0v) is 19.6. The lowest BCUT2D eigenvalue weighted by atomic mass is 9.61. The maximum absolute atomic E-state index is 11.6. The Hall–Kier alpha value is -4.12. The molecule has 0 spiro atoms. The molecule has 0 saturated heterocycles. The minimum absolute atomic E-state index is 0.505. The van der Waals surface area contributed by atoms with Crippen molar-refractivity contribution < 1.29 is 10.2 Å². The Morgan fingerprint density at radius 3 is 1.19 bits per heavy atom. The van der Waals surface area contributed by atoms with Gasteiger partial charge in [0.25, 0.3) is 0 Å². The Bertz CT molecular complexity index is 1680. The molecule has 0 aliphatic heterocycles. The highest BCUT2D eigenvalue weighted by Gasteiger charge is 2.52. The van der Waals surface area contributed by atoms with E-state index < -0.39 is 24.0 Å². The van der Waals surface area contributed by atoms with Gasteiger partial charge in [0.15, 0.2) is 0 Å². The summed E-state index contributed by atoms with van der Waals surface area (Å²) < 4.78 is 0. The Kier molecular flexibility index (Phi) is 4.53. The Labute approximate surface area is 208 Å². The first-order chi connectivity index (χ1) is 17.5. The molecule has 0 aromatic heterocycles. The van der Waals surface area contributed by atoms with Crippen molar-refractivity contribution >= 4 is 54.5 Å². The predicted molar refractivity (Wildman–Crippen MR) is 149 cm³/mol. The van der Waals surface area contributed by atoms with Crippen LogP contribution >= 0.6 is 0 Å². The van der Waals surface area contributed by atoms with E-state index in [4.69, 9.17) is 11.5 Å². The second-order valence-corrected chi connectivity index (χ2v) is 10.0. The molecule has 1 saturated carbocycles. The van der Waals surface area contributed by atoms with Gasteiger partial charge in [0, 0.05) is 23.2 Å². The van der Waals surface area contributed by atoms with Gasteiger partial charge in [0.1, 0.15) is 0 Å². The van der Waals surface area contributed by atoms with Crippen molar-refractivity contribution in [1.29, 1.82) is 0 Å². The summed E-state index contributed by atoms with van der Waals surface area (Å²) in [5.74, 6) is -1.01. The van der Waals surface area contributed by atoms with E-state index >= 15 is 0 Å². The van der Waals surface area contributed by atoms with E-state index in [1.807, 2.05) is 48.5 Å². The second kappa shape index (κ2) is 7.69. The highest BCUT2D eigenvalue weighted by atomic mass is 16.3. The summed E-state index contributed by atoms with van der Waals surface area (Å²) in [6.07, 6.45) is -1.64. The molecule has 4 heteroatoms. The number of nitrogen functional groups attached to an aromatic ring is 2. The van der Waals surface area contributed by atoms with E-state index in [1.54, 1.807) is 0 Å². The molecule has 1 aliphatic rings. The van der Waals surface area contributed by atoms with Crippen LogP contribution in [0.4, 0.5) is 11.4 Å². The van der Waals surface area contributed by atoms with Gasteiger partial charge in [-0.2, -0.15) is 0 Å². The molecule has 0 bridgehead atoms. The fourth-order valence-corrected chi connectivity index (χ4v) is 6.24. The van der Waals surface area contributed by atoms with E-state index in [0.717, 1.165) is 54.2 Å². The molecule has 0 radical (unpaired) electrons. The zero-order valence-electron chi connectivity index (χ0n) is 19.6. The third kappa shape index (κ3) is 2.95. The highest BCUT2D eigenvalue weighted by Crippen LogP contribution is 2.53. The Balaban J connectivity index is 1.38. The number of fused-ring (bicyclic) bond motifs is 4. The van der Waals surface area contributed by atoms with Gasteiger partial charge < -0.3 is 21.7 Å². The molecule has 36 heavy (non-hydrogen) atoms. The zero-order chi connectivity index (χ0) is 24.6. The van der Waals surface area contributed by atoms with Crippen molar-refractivity contribution in [2.45, 2.75) is 24.0 Å². The molecule has 1 aliphatic carbocycles. The van der Waals surface area contributed by atoms with Crippen molar-refractivity contribution in [3.63, 3.8) is 0 Å². The van der Waals surface area contributed by atoms with E-state index in [2.05, 4.69) is 48.5 Å². The molecule has 176 valence electrons. The molecule has 6 N–H and O–H groups in total. The van der Waals surface area contributed by atoms with Crippen LogP contribution in [0.3, 0.4) is 0 Å². The quantitative estimate of drug-likeness (QED) is 0.183. The van der Waals surface area contributed by atoms with Gasteiger partial charge in [-0.3, -0.25) is 0 Å². The van der Waals surface area contributed by atoms with E-state index in [1.165, 1.54) is 0 Å². The molecule has 6 aromatic rings. The molecular formula is C32H26N2O2. The molecular weight excluding hydrogens is 444 g/mol. The third-order valence-corrected chi connectivity index (χ3v) is 8.06. The van der Waals surface area contributed by atoms with Crippen molar-refractivity contribution in [2.75, 3.05) is 11.5 Å². The first-order valence-corrected chi connectivity index (χ1v) is 12.3. The average Bonchev–Trinajstić information content (AvgIpc) is 2.90. The SMILES string of the molecule is Nc1ccc2cc3ccccc3cc2c1C1C(O)C(c2c(N)ccc3cc4ccccc4cc23)C1O. The lowest BCUT2D eigenvalue weighted by molar-refractivity contribution is -0.0770. The van der Waals surface area contributed by atoms with E-state index in [9.17, 15) is 10.2 Å². The van der Waals surface area contributed by atoms with E-state index in [0.29, 0.717) is 11.4 Å². The number of anilines is 2. The highest BCUT2D eigenvalue weighted by molar-refractivity contribution is 6.03. The molecule has 0 amide bonds. The summed E-state index contributed by atoms with van der Waals surface area (Å²) in [5.41, 5.74) is 15.7. The fourth-order valence-electron chi connectivity index (χ4n) is 6.24. The second-order valence-electron chi connectivity index (χ2n) is 10.0. The van der Waals surface area contributed by atoms with Gasteiger partial charge in [0.05, 0.1) is 12.2 Å². The summed E-state index contributed by atoms with van der Waals surface area (Å²) in [4.78, 5) is 0. The molecule has 0 unspecified atom stereocenters. The smallest absolute Gasteiger partial charge is 0.0729 e. The number of aliphatic hydroxyl groups is 2. The van der Waals surface area contributed by atoms with Gasteiger partial charge in [-0.1, -0.05) is 60.7 Å². The number of aliphatic hydroxyl groups excluding tert-OH is 2. The van der Waals surface area contributed by atoms with Crippen LogP contribution in [0.25, 0.3) is 43.1 Å². The molecule has 0 atom stereocenters. The molecule has 4 nitrogen and oxygen atoms in total. The molecule has 7 rings (SSSR count). The van der Waals surface area contributed by atoms with Gasteiger partial charge in [-0.05, 0) is 90.6 Å². The van der Waals surface area contributed by atoms with Crippen LogP contribution in [0, 0.1) is 0 Å². The largest absolute Gasteiger partial charge is 0.398 e. The third-order valence-electron chi connectivity index (χ3n) is 8.06.